The lowest BCUT2D eigenvalue weighted by Gasteiger charge is -2.29. The molecule has 3 aromatic carbocycles. The predicted octanol–water partition coefficient (Wildman–Crippen LogP) is 6.75. The molecule has 6 nitrogen and oxygen atoms in total. The van der Waals surface area contributed by atoms with E-state index in [0.717, 1.165) is 66.4 Å². The predicted molar refractivity (Wildman–Crippen MR) is 157 cm³/mol. The van der Waals surface area contributed by atoms with Gasteiger partial charge in [-0.2, -0.15) is 13.2 Å². The first-order chi connectivity index (χ1) is 20.2. The van der Waals surface area contributed by atoms with Crippen molar-refractivity contribution >= 4 is 15.9 Å². The molecular formula is C32H37F4N3O3S. The Balaban J connectivity index is 1.53. The van der Waals surface area contributed by atoms with Gasteiger partial charge in [-0.1, -0.05) is 50.2 Å². The third-order valence-corrected chi connectivity index (χ3v) is 9.05. The van der Waals surface area contributed by atoms with Gasteiger partial charge in [0, 0.05) is 12.5 Å². The Labute approximate surface area is 250 Å². The van der Waals surface area contributed by atoms with Crippen molar-refractivity contribution in [2.24, 2.45) is 5.92 Å². The number of halogens is 4. The molecule has 3 N–H and O–H groups in total. The van der Waals surface area contributed by atoms with E-state index < -0.39 is 44.4 Å². The van der Waals surface area contributed by atoms with Gasteiger partial charge in [0.05, 0.1) is 22.5 Å². The zero-order valence-corrected chi connectivity index (χ0v) is 25.2. The van der Waals surface area contributed by atoms with E-state index in [2.05, 4.69) is 42.2 Å². The summed E-state index contributed by atoms with van der Waals surface area (Å²) in [6, 6.07) is 13.3. The minimum absolute atomic E-state index is 0.170. The molecule has 0 radical (unpaired) electrons. The van der Waals surface area contributed by atoms with Gasteiger partial charge >= 0.3 is 6.18 Å². The molecule has 0 fully saturated rings. The summed E-state index contributed by atoms with van der Waals surface area (Å²) in [5.41, 5.74) is 2.49. The number of hydrogen-bond acceptors (Lipinski definition) is 4. The van der Waals surface area contributed by atoms with Crippen LogP contribution in [0.4, 0.5) is 17.6 Å². The molecule has 3 atom stereocenters. The van der Waals surface area contributed by atoms with Gasteiger partial charge in [0.1, 0.15) is 5.82 Å². The van der Waals surface area contributed by atoms with E-state index in [4.69, 9.17) is 0 Å². The Morgan fingerprint density at radius 3 is 2.35 bits per heavy atom. The quantitative estimate of drug-likeness (QED) is 0.207. The van der Waals surface area contributed by atoms with E-state index in [1.807, 2.05) is 12.1 Å². The number of carbonyl (C=O) groups is 1. The number of carbonyl (C=O) groups excluding carboxylic acids is 1. The van der Waals surface area contributed by atoms with Gasteiger partial charge in [-0.3, -0.25) is 4.79 Å². The van der Waals surface area contributed by atoms with Crippen molar-refractivity contribution in [3.8, 4) is 0 Å². The minimum Gasteiger partial charge on any atom is -0.349 e. The molecule has 0 aliphatic heterocycles. The summed E-state index contributed by atoms with van der Waals surface area (Å²) in [4.78, 5) is 12.7. The average molecular weight is 620 g/mol. The largest absolute Gasteiger partial charge is 0.416 e. The second-order valence-corrected chi connectivity index (χ2v) is 13.2. The number of nitrogens with one attached hydrogen (secondary N) is 3. The van der Waals surface area contributed by atoms with Crippen molar-refractivity contribution in [1.82, 2.24) is 15.4 Å². The number of rotatable bonds is 11. The number of hydrogen-bond donors (Lipinski definition) is 3. The topological polar surface area (TPSA) is 87.3 Å². The van der Waals surface area contributed by atoms with Crippen LogP contribution < -0.4 is 15.4 Å². The highest BCUT2D eigenvalue weighted by molar-refractivity contribution is 7.89. The third kappa shape index (κ3) is 8.64. The van der Waals surface area contributed by atoms with Crippen molar-refractivity contribution in [2.45, 2.75) is 75.7 Å². The van der Waals surface area contributed by atoms with Crippen LogP contribution in [0.1, 0.15) is 86.0 Å². The second kappa shape index (κ2) is 13.6. The van der Waals surface area contributed by atoms with Crippen LogP contribution in [0.5, 0.6) is 0 Å². The normalized spacial score (nSPS) is 16.9. The van der Waals surface area contributed by atoms with Crippen LogP contribution in [0.25, 0.3) is 0 Å². The van der Waals surface area contributed by atoms with Gasteiger partial charge in [0.2, 0.25) is 15.9 Å². The molecule has 4 rings (SSSR count). The van der Waals surface area contributed by atoms with Crippen molar-refractivity contribution in [2.75, 3.05) is 6.54 Å². The molecule has 0 aromatic heterocycles. The first-order valence-corrected chi connectivity index (χ1v) is 15.8. The number of alkyl halides is 3. The van der Waals surface area contributed by atoms with Crippen LogP contribution in [0.2, 0.25) is 0 Å². The molecule has 0 bridgehead atoms. The maximum atomic E-state index is 13.6. The van der Waals surface area contributed by atoms with Gasteiger partial charge in [0.25, 0.3) is 0 Å². The number of benzene rings is 3. The molecular weight excluding hydrogens is 582 g/mol. The summed E-state index contributed by atoms with van der Waals surface area (Å²) >= 11 is 0. The van der Waals surface area contributed by atoms with E-state index in [9.17, 15) is 30.8 Å². The molecule has 3 aromatic rings. The molecule has 11 heteroatoms. The first-order valence-electron chi connectivity index (χ1n) is 14.3. The monoisotopic (exact) mass is 619 g/mol. The first kappa shape index (κ1) is 32.6. The Morgan fingerprint density at radius 1 is 0.977 bits per heavy atom. The molecule has 0 heterocycles. The Bertz CT molecular complexity index is 1530. The zero-order chi connectivity index (χ0) is 31.4. The standard InChI is InChI=1S/C32H37F4N3O3S/c1-20(2)19-37-21(3)23-12-15-28-24(16-23)6-4-9-29(28)38-31(40)18-30(22-10-13-26(33)14-11-22)39-43(41,42)27-8-5-7-25(17-27)32(34,35)36/h5,7-8,10-17,20-21,29-30,37,39H,4,6,9,18-19H2,1-3H3,(H,38,40)/t21?,29-,30-/m1/s1. The molecule has 1 amide bonds. The third-order valence-electron chi connectivity index (χ3n) is 7.58. The van der Waals surface area contributed by atoms with Crippen LogP contribution in [-0.4, -0.2) is 20.9 Å². The Hall–Kier alpha value is -3.28. The van der Waals surface area contributed by atoms with Crippen molar-refractivity contribution in [3.63, 3.8) is 0 Å². The highest BCUT2D eigenvalue weighted by Crippen LogP contribution is 2.33. The van der Waals surface area contributed by atoms with Crippen molar-refractivity contribution in [3.05, 3.63) is 100 Å². The molecule has 1 unspecified atom stereocenters. The zero-order valence-electron chi connectivity index (χ0n) is 24.3. The van der Waals surface area contributed by atoms with Gasteiger partial charge in [0.15, 0.2) is 0 Å². The molecule has 0 spiro atoms. The van der Waals surface area contributed by atoms with E-state index in [1.165, 1.54) is 12.1 Å². The van der Waals surface area contributed by atoms with Crippen LogP contribution in [-0.2, 0) is 27.4 Å². The minimum atomic E-state index is -4.73. The number of sulfonamides is 1. The van der Waals surface area contributed by atoms with Crippen molar-refractivity contribution < 1.29 is 30.8 Å². The fraction of sp³-hybridized carbons (Fsp3) is 0.406. The summed E-state index contributed by atoms with van der Waals surface area (Å²) in [5, 5.41) is 6.54. The van der Waals surface area contributed by atoms with Gasteiger partial charge in [-0.15, -0.1) is 0 Å². The number of aryl methyl sites for hydroxylation is 1. The fourth-order valence-electron chi connectivity index (χ4n) is 5.24. The van der Waals surface area contributed by atoms with Gasteiger partial charge < -0.3 is 10.6 Å². The van der Waals surface area contributed by atoms with E-state index in [1.54, 1.807) is 0 Å². The maximum absolute atomic E-state index is 13.6. The lowest BCUT2D eigenvalue weighted by Crippen LogP contribution is -2.36. The number of amides is 1. The van der Waals surface area contributed by atoms with Gasteiger partial charge in [-0.05, 0) is 91.2 Å². The van der Waals surface area contributed by atoms with Gasteiger partial charge in [-0.25, -0.2) is 17.5 Å². The lowest BCUT2D eigenvalue weighted by molar-refractivity contribution is -0.137. The highest BCUT2D eigenvalue weighted by Gasteiger charge is 2.33. The summed E-state index contributed by atoms with van der Waals surface area (Å²) in [6.45, 7) is 7.31. The Morgan fingerprint density at radius 2 is 1.67 bits per heavy atom. The molecule has 1 aliphatic rings. The van der Waals surface area contributed by atoms with Crippen LogP contribution in [0.15, 0.2) is 71.6 Å². The SMILES string of the molecule is CC(C)CNC(C)c1ccc2c(c1)CCC[C@H]2NC(=O)C[C@@H](NS(=O)(=O)c1cccc(C(F)(F)F)c1)c1ccc(F)cc1. The average Bonchev–Trinajstić information content (AvgIpc) is 2.95. The number of fused-ring (bicyclic) bond motifs is 1. The van der Waals surface area contributed by atoms with E-state index in [0.29, 0.717) is 24.0 Å². The van der Waals surface area contributed by atoms with Crippen LogP contribution >= 0.6 is 0 Å². The summed E-state index contributed by atoms with van der Waals surface area (Å²) < 4.78 is 82.1. The highest BCUT2D eigenvalue weighted by atomic mass is 32.2. The fourth-order valence-corrected chi connectivity index (χ4v) is 6.51. The van der Waals surface area contributed by atoms with Crippen LogP contribution in [0, 0.1) is 11.7 Å². The van der Waals surface area contributed by atoms with E-state index >= 15 is 0 Å². The molecule has 0 saturated heterocycles. The maximum Gasteiger partial charge on any atom is 0.416 e. The van der Waals surface area contributed by atoms with Crippen LogP contribution in [0.3, 0.4) is 0 Å². The summed E-state index contributed by atoms with van der Waals surface area (Å²) in [7, 11) is -4.48. The molecule has 1 aliphatic carbocycles. The molecule has 0 saturated carbocycles. The van der Waals surface area contributed by atoms with Crippen molar-refractivity contribution in [1.29, 1.82) is 0 Å². The second-order valence-electron chi connectivity index (χ2n) is 11.4. The lowest BCUT2D eigenvalue weighted by atomic mass is 9.85. The smallest absolute Gasteiger partial charge is 0.349 e. The summed E-state index contributed by atoms with van der Waals surface area (Å²) in [6.07, 6.45) is -2.64. The Kier molecular flexibility index (Phi) is 10.3. The molecule has 43 heavy (non-hydrogen) atoms. The summed E-state index contributed by atoms with van der Waals surface area (Å²) in [5.74, 6) is -0.484. The molecule has 232 valence electrons. The van der Waals surface area contributed by atoms with E-state index in [-0.39, 0.29) is 18.5 Å².